The van der Waals surface area contributed by atoms with E-state index in [2.05, 4.69) is 4.18 Å². The van der Waals surface area contributed by atoms with Crippen molar-refractivity contribution in [3.05, 3.63) is 26.8 Å². The third-order valence-electron chi connectivity index (χ3n) is 3.23. The average molecular weight is 436 g/mol. The number of hydrogen-bond acceptors (Lipinski definition) is 5. The molecule has 1 fully saturated rings. The molecule has 0 bridgehead atoms. The van der Waals surface area contributed by atoms with Crippen LogP contribution in [-0.4, -0.2) is 27.1 Å². The summed E-state index contributed by atoms with van der Waals surface area (Å²) in [4.78, 5) is 0. The van der Waals surface area contributed by atoms with E-state index in [0.717, 1.165) is 0 Å². The van der Waals surface area contributed by atoms with Crippen LogP contribution in [0.1, 0.15) is 11.1 Å². The van der Waals surface area contributed by atoms with E-state index in [9.17, 15) is 21.6 Å². The van der Waals surface area contributed by atoms with Gasteiger partial charge in [0.15, 0.2) is 5.75 Å². The Kier molecular flexibility index (Phi) is 3.43. The Balaban J connectivity index is 2.07. The summed E-state index contributed by atoms with van der Waals surface area (Å²) in [5.74, 6) is -1.56. The fourth-order valence-corrected chi connectivity index (χ4v) is 3.53. The standard InChI is InChI=1S/C11H8F3IO5S/c12-11(13,14)21(16,17)20-9-7(15)2-1-6-5-10(8(6)9)18-3-4-19-10/h1-2H,3-5H2. The smallest absolute Gasteiger partial charge is 0.374 e. The van der Waals surface area contributed by atoms with Gasteiger partial charge < -0.3 is 13.7 Å². The topological polar surface area (TPSA) is 61.8 Å². The molecule has 0 aromatic heterocycles. The number of alkyl halides is 3. The molecule has 0 radical (unpaired) electrons. The number of halogens is 4. The molecule has 0 atom stereocenters. The van der Waals surface area contributed by atoms with Gasteiger partial charge in [-0.25, -0.2) is 0 Å². The van der Waals surface area contributed by atoms with Crippen molar-refractivity contribution in [3.63, 3.8) is 0 Å². The van der Waals surface area contributed by atoms with E-state index in [4.69, 9.17) is 9.47 Å². The van der Waals surface area contributed by atoms with Gasteiger partial charge in [0.1, 0.15) is 0 Å². The quantitative estimate of drug-likeness (QED) is 0.405. The molecule has 21 heavy (non-hydrogen) atoms. The van der Waals surface area contributed by atoms with Crippen LogP contribution in [0.15, 0.2) is 12.1 Å². The van der Waals surface area contributed by atoms with Gasteiger partial charge in [-0.1, -0.05) is 6.07 Å². The Morgan fingerprint density at radius 3 is 2.43 bits per heavy atom. The molecule has 0 saturated carbocycles. The molecule has 1 aliphatic heterocycles. The van der Waals surface area contributed by atoms with Crippen LogP contribution in [0.3, 0.4) is 0 Å². The molecular formula is C11H8F3IO5S. The summed E-state index contributed by atoms with van der Waals surface area (Å²) in [6, 6.07) is 3.17. The van der Waals surface area contributed by atoms with Crippen LogP contribution < -0.4 is 4.18 Å². The van der Waals surface area contributed by atoms with Gasteiger partial charge in [0.25, 0.3) is 0 Å². The summed E-state index contributed by atoms with van der Waals surface area (Å²) in [6.07, 6.45) is 0.349. The maximum atomic E-state index is 12.5. The highest BCUT2D eigenvalue weighted by Crippen LogP contribution is 2.52. The fraction of sp³-hybridized carbons (Fsp3) is 0.455. The first kappa shape index (κ1) is 15.3. The molecule has 0 unspecified atom stereocenters. The number of hydrogen-bond donors (Lipinski definition) is 0. The third-order valence-corrected chi connectivity index (χ3v) is 5.03. The number of fused-ring (bicyclic) bond motifs is 2. The van der Waals surface area contributed by atoms with Crippen LogP contribution in [-0.2, 0) is 31.8 Å². The van der Waals surface area contributed by atoms with Crippen LogP contribution in [0, 0.1) is 3.57 Å². The molecule has 2 aliphatic rings. The summed E-state index contributed by atoms with van der Waals surface area (Å²) in [5.41, 5.74) is -4.63. The van der Waals surface area contributed by atoms with E-state index in [1.165, 1.54) is 6.07 Å². The van der Waals surface area contributed by atoms with Gasteiger partial charge in [0, 0.05) is 6.42 Å². The van der Waals surface area contributed by atoms with Crippen molar-refractivity contribution in [3.8, 4) is 5.75 Å². The Morgan fingerprint density at radius 1 is 1.24 bits per heavy atom. The molecule has 10 heteroatoms. The minimum atomic E-state index is -5.74. The highest BCUT2D eigenvalue weighted by molar-refractivity contribution is 14.1. The summed E-state index contributed by atoms with van der Waals surface area (Å²) >= 11 is 1.71. The zero-order valence-electron chi connectivity index (χ0n) is 10.2. The zero-order valence-corrected chi connectivity index (χ0v) is 13.2. The van der Waals surface area contributed by atoms with Gasteiger partial charge in [-0.3, -0.25) is 0 Å². The lowest BCUT2D eigenvalue weighted by Gasteiger charge is -2.39. The van der Waals surface area contributed by atoms with Crippen molar-refractivity contribution in [2.24, 2.45) is 0 Å². The first-order valence-corrected chi connectivity index (χ1v) is 8.25. The van der Waals surface area contributed by atoms with Crippen LogP contribution in [0.2, 0.25) is 0 Å². The van der Waals surface area contributed by atoms with Gasteiger partial charge in [0.05, 0.1) is 22.3 Å². The summed E-state index contributed by atoms with van der Waals surface area (Å²) in [5, 5.41) is 0. The van der Waals surface area contributed by atoms with E-state index in [-0.39, 0.29) is 28.1 Å². The molecule has 0 N–H and O–H groups in total. The molecule has 1 aromatic carbocycles. The van der Waals surface area contributed by atoms with Crippen molar-refractivity contribution in [1.82, 2.24) is 0 Å². The lowest BCUT2D eigenvalue weighted by Crippen LogP contribution is -2.41. The summed E-state index contributed by atoms with van der Waals surface area (Å²) < 4.78 is 75.3. The van der Waals surface area contributed by atoms with E-state index in [1.54, 1.807) is 28.7 Å². The molecule has 5 nitrogen and oxygen atoms in total. The molecule has 0 amide bonds. The fourth-order valence-electron chi connectivity index (χ4n) is 2.33. The minimum Gasteiger partial charge on any atom is -0.374 e. The Hall–Kier alpha value is -0.590. The van der Waals surface area contributed by atoms with Crippen LogP contribution in [0.4, 0.5) is 13.2 Å². The highest BCUT2D eigenvalue weighted by atomic mass is 127. The van der Waals surface area contributed by atoms with Gasteiger partial charge in [-0.15, -0.1) is 0 Å². The Morgan fingerprint density at radius 2 is 1.86 bits per heavy atom. The lowest BCUT2D eigenvalue weighted by molar-refractivity contribution is -0.183. The highest BCUT2D eigenvalue weighted by Gasteiger charge is 2.54. The van der Waals surface area contributed by atoms with Crippen molar-refractivity contribution in [1.29, 1.82) is 0 Å². The van der Waals surface area contributed by atoms with E-state index < -0.39 is 21.4 Å². The third kappa shape index (κ3) is 2.32. The lowest BCUT2D eigenvalue weighted by atomic mass is 9.81. The molecule has 1 heterocycles. The van der Waals surface area contributed by atoms with Gasteiger partial charge in [0.2, 0.25) is 5.79 Å². The second-order valence-electron chi connectivity index (χ2n) is 4.52. The minimum absolute atomic E-state index is 0.222. The van der Waals surface area contributed by atoms with Crippen molar-refractivity contribution >= 4 is 32.7 Å². The van der Waals surface area contributed by atoms with E-state index >= 15 is 0 Å². The molecule has 1 saturated heterocycles. The maximum absolute atomic E-state index is 12.5. The number of rotatable bonds is 2. The number of benzene rings is 1. The maximum Gasteiger partial charge on any atom is 0.534 e. The van der Waals surface area contributed by atoms with Gasteiger partial charge in [-0.2, -0.15) is 21.6 Å². The number of ether oxygens (including phenoxy) is 2. The van der Waals surface area contributed by atoms with Crippen molar-refractivity contribution in [2.75, 3.05) is 13.2 Å². The monoisotopic (exact) mass is 436 g/mol. The second kappa shape index (κ2) is 4.70. The van der Waals surface area contributed by atoms with Gasteiger partial charge in [-0.05, 0) is 34.2 Å². The van der Waals surface area contributed by atoms with E-state index in [1.807, 2.05) is 0 Å². The molecule has 1 aromatic rings. The summed E-state index contributed by atoms with van der Waals surface area (Å²) in [7, 11) is -5.74. The first-order chi connectivity index (χ1) is 9.66. The SMILES string of the molecule is O=S(=O)(Oc1c(I)ccc2c1C1(C2)OCCO1)C(F)(F)F. The molecule has 3 rings (SSSR count). The Bertz CT molecular complexity index is 695. The predicted molar refractivity (Wildman–Crippen MR) is 72.0 cm³/mol. The van der Waals surface area contributed by atoms with Crippen LogP contribution in [0.25, 0.3) is 0 Å². The van der Waals surface area contributed by atoms with Crippen LogP contribution in [0.5, 0.6) is 5.75 Å². The normalized spacial score (nSPS) is 20.2. The largest absolute Gasteiger partial charge is 0.534 e. The molecule has 116 valence electrons. The summed E-state index contributed by atoms with van der Waals surface area (Å²) in [6.45, 7) is 0.576. The van der Waals surface area contributed by atoms with E-state index in [0.29, 0.717) is 12.0 Å². The Labute approximate surface area is 131 Å². The second-order valence-corrected chi connectivity index (χ2v) is 7.22. The molecular weight excluding hydrogens is 428 g/mol. The first-order valence-electron chi connectivity index (χ1n) is 5.77. The van der Waals surface area contributed by atoms with Crippen molar-refractivity contribution < 1.29 is 35.2 Å². The van der Waals surface area contributed by atoms with Gasteiger partial charge >= 0.3 is 15.6 Å². The molecule has 1 aliphatic carbocycles. The van der Waals surface area contributed by atoms with Crippen molar-refractivity contribution in [2.45, 2.75) is 17.7 Å². The molecule has 1 spiro atoms. The predicted octanol–water partition coefficient (Wildman–Crippen LogP) is 2.28. The van der Waals surface area contributed by atoms with Crippen LogP contribution >= 0.6 is 22.6 Å². The average Bonchev–Trinajstić information content (AvgIpc) is 2.81. The zero-order chi connectivity index (χ0) is 15.5.